The molecule has 90 valence electrons. The number of rotatable bonds is 2. The van der Waals surface area contributed by atoms with E-state index in [-0.39, 0.29) is 5.78 Å². The van der Waals surface area contributed by atoms with Crippen LogP contribution in [0.15, 0.2) is 29.8 Å². The molecule has 0 aliphatic carbocycles. The van der Waals surface area contributed by atoms with Crippen LogP contribution < -0.4 is 0 Å². The topological polar surface area (TPSA) is 47.3 Å². The van der Waals surface area contributed by atoms with E-state index in [1.54, 1.807) is 13.0 Å². The van der Waals surface area contributed by atoms with Gasteiger partial charge in [-0.15, -0.1) is 21.5 Å². The Kier molecular flexibility index (Phi) is 2.65. The SMILES string of the molecule is CC(=O)c1cc(-c2nnc3c(Cl)cccn23)cs1. The molecule has 0 unspecified atom stereocenters. The van der Waals surface area contributed by atoms with Crippen LogP contribution in [0.3, 0.4) is 0 Å². The van der Waals surface area contributed by atoms with E-state index in [4.69, 9.17) is 11.6 Å². The van der Waals surface area contributed by atoms with Gasteiger partial charge in [-0.1, -0.05) is 11.6 Å². The van der Waals surface area contributed by atoms with Crippen molar-refractivity contribution in [3.05, 3.63) is 39.7 Å². The minimum absolute atomic E-state index is 0.0538. The highest BCUT2D eigenvalue weighted by atomic mass is 35.5. The molecule has 0 bridgehead atoms. The van der Waals surface area contributed by atoms with Crippen LogP contribution in [0.25, 0.3) is 17.0 Å². The lowest BCUT2D eigenvalue weighted by atomic mass is 10.2. The van der Waals surface area contributed by atoms with E-state index in [1.165, 1.54) is 11.3 Å². The zero-order valence-electron chi connectivity index (χ0n) is 9.42. The van der Waals surface area contributed by atoms with Crippen LogP contribution in [-0.4, -0.2) is 20.4 Å². The molecule has 0 fully saturated rings. The highest BCUT2D eigenvalue weighted by Crippen LogP contribution is 2.26. The van der Waals surface area contributed by atoms with Crippen molar-refractivity contribution in [3.63, 3.8) is 0 Å². The molecule has 0 atom stereocenters. The van der Waals surface area contributed by atoms with Crippen LogP contribution in [0.2, 0.25) is 5.02 Å². The van der Waals surface area contributed by atoms with Crippen molar-refractivity contribution in [2.24, 2.45) is 0 Å². The molecule has 3 aromatic heterocycles. The summed E-state index contributed by atoms with van der Waals surface area (Å²) in [7, 11) is 0. The standard InChI is InChI=1S/C12H8ClN3OS/c1-7(17)10-5-8(6-18-10)11-14-15-12-9(13)3-2-4-16(11)12/h2-6H,1H3. The van der Waals surface area contributed by atoms with Crippen molar-refractivity contribution in [1.29, 1.82) is 0 Å². The second-order valence-corrected chi connectivity index (χ2v) is 5.15. The molecule has 0 radical (unpaired) electrons. The van der Waals surface area contributed by atoms with Crippen molar-refractivity contribution in [3.8, 4) is 11.4 Å². The van der Waals surface area contributed by atoms with Gasteiger partial charge in [0.1, 0.15) is 0 Å². The highest BCUT2D eigenvalue weighted by molar-refractivity contribution is 7.12. The lowest BCUT2D eigenvalue weighted by molar-refractivity contribution is 0.102. The number of pyridine rings is 1. The Morgan fingerprint density at radius 3 is 3.00 bits per heavy atom. The molecule has 0 aliphatic rings. The molecule has 3 aromatic rings. The minimum atomic E-state index is 0.0538. The normalized spacial score (nSPS) is 11.0. The number of ketones is 1. The quantitative estimate of drug-likeness (QED) is 0.675. The first-order valence-electron chi connectivity index (χ1n) is 5.26. The Morgan fingerprint density at radius 1 is 1.44 bits per heavy atom. The summed E-state index contributed by atoms with van der Waals surface area (Å²) in [5, 5.41) is 10.6. The first-order chi connectivity index (χ1) is 8.66. The van der Waals surface area contributed by atoms with E-state index in [1.807, 2.05) is 28.1 Å². The Hall–Kier alpha value is -1.72. The molecule has 0 spiro atoms. The Bertz CT molecular complexity index is 747. The summed E-state index contributed by atoms with van der Waals surface area (Å²) in [6.07, 6.45) is 1.85. The van der Waals surface area contributed by atoms with Crippen LogP contribution in [0.1, 0.15) is 16.6 Å². The second-order valence-electron chi connectivity index (χ2n) is 3.83. The van der Waals surface area contributed by atoms with Crippen molar-refractivity contribution >= 4 is 34.4 Å². The van der Waals surface area contributed by atoms with Gasteiger partial charge in [-0.2, -0.15) is 0 Å². The number of Topliss-reactive ketones (excluding diaryl/α,β-unsaturated/α-hetero) is 1. The monoisotopic (exact) mass is 277 g/mol. The number of fused-ring (bicyclic) bond motifs is 1. The smallest absolute Gasteiger partial charge is 0.179 e. The number of thiophene rings is 1. The maximum absolute atomic E-state index is 11.3. The molecule has 0 amide bonds. The largest absolute Gasteiger partial charge is 0.294 e. The lowest BCUT2D eigenvalue weighted by Gasteiger charge is -1.97. The molecule has 0 saturated carbocycles. The third-order valence-electron chi connectivity index (χ3n) is 2.59. The molecule has 3 heterocycles. The summed E-state index contributed by atoms with van der Waals surface area (Å²) < 4.78 is 1.81. The second kappa shape index (κ2) is 4.19. The number of nitrogens with zero attached hydrogens (tertiary/aromatic N) is 3. The summed E-state index contributed by atoms with van der Waals surface area (Å²) in [6.45, 7) is 1.55. The number of carbonyl (C=O) groups excluding carboxylic acids is 1. The molecule has 4 nitrogen and oxygen atoms in total. The number of hydrogen-bond acceptors (Lipinski definition) is 4. The molecule has 18 heavy (non-hydrogen) atoms. The van der Waals surface area contributed by atoms with Crippen molar-refractivity contribution in [2.45, 2.75) is 6.92 Å². The van der Waals surface area contributed by atoms with Crippen LogP contribution in [0.4, 0.5) is 0 Å². The molecule has 0 aromatic carbocycles. The summed E-state index contributed by atoms with van der Waals surface area (Å²) in [5.41, 5.74) is 1.49. The summed E-state index contributed by atoms with van der Waals surface area (Å²) >= 11 is 7.44. The summed E-state index contributed by atoms with van der Waals surface area (Å²) in [6, 6.07) is 5.43. The van der Waals surface area contributed by atoms with Gasteiger partial charge in [-0.3, -0.25) is 9.20 Å². The molecular weight excluding hydrogens is 270 g/mol. The molecule has 3 rings (SSSR count). The van der Waals surface area contributed by atoms with Gasteiger partial charge >= 0.3 is 0 Å². The molecule has 0 N–H and O–H groups in total. The van der Waals surface area contributed by atoms with Crippen molar-refractivity contribution in [1.82, 2.24) is 14.6 Å². The zero-order valence-corrected chi connectivity index (χ0v) is 11.0. The third-order valence-corrected chi connectivity index (χ3v) is 3.92. The van der Waals surface area contributed by atoms with E-state index >= 15 is 0 Å². The predicted molar refractivity (Wildman–Crippen MR) is 71.3 cm³/mol. The van der Waals surface area contributed by atoms with Gasteiger partial charge in [0.2, 0.25) is 0 Å². The number of halogens is 1. The van der Waals surface area contributed by atoms with Gasteiger partial charge in [0.15, 0.2) is 17.3 Å². The van der Waals surface area contributed by atoms with Crippen LogP contribution in [0, 0.1) is 0 Å². The van der Waals surface area contributed by atoms with Gasteiger partial charge in [0.25, 0.3) is 0 Å². The number of carbonyl (C=O) groups is 1. The van der Waals surface area contributed by atoms with Crippen LogP contribution in [-0.2, 0) is 0 Å². The van der Waals surface area contributed by atoms with Crippen LogP contribution in [0.5, 0.6) is 0 Å². The summed E-state index contributed by atoms with van der Waals surface area (Å²) in [4.78, 5) is 12.0. The van der Waals surface area contributed by atoms with Crippen molar-refractivity contribution < 1.29 is 4.79 Å². The van der Waals surface area contributed by atoms with E-state index in [0.29, 0.717) is 21.4 Å². The van der Waals surface area contributed by atoms with Gasteiger partial charge in [0, 0.05) is 17.1 Å². The first kappa shape index (κ1) is 11.4. The zero-order chi connectivity index (χ0) is 12.7. The third kappa shape index (κ3) is 1.72. The van der Waals surface area contributed by atoms with Crippen molar-refractivity contribution in [2.75, 3.05) is 0 Å². The van der Waals surface area contributed by atoms with Gasteiger partial charge in [0.05, 0.1) is 9.90 Å². The fraction of sp³-hybridized carbons (Fsp3) is 0.0833. The maximum atomic E-state index is 11.3. The minimum Gasteiger partial charge on any atom is -0.294 e. The van der Waals surface area contributed by atoms with Gasteiger partial charge < -0.3 is 0 Å². The van der Waals surface area contributed by atoms with Crippen LogP contribution >= 0.6 is 22.9 Å². The predicted octanol–water partition coefficient (Wildman–Crippen LogP) is 3.31. The van der Waals surface area contributed by atoms with Gasteiger partial charge in [-0.25, -0.2) is 0 Å². The number of hydrogen-bond donors (Lipinski definition) is 0. The Morgan fingerprint density at radius 2 is 2.28 bits per heavy atom. The Labute approximate surface area is 112 Å². The lowest BCUT2D eigenvalue weighted by Crippen LogP contribution is -1.88. The molecular formula is C12H8ClN3OS. The average Bonchev–Trinajstić information content (AvgIpc) is 2.94. The van der Waals surface area contributed by atoms with E-state index in [9.17, 15) is 4.79 Å². The first-order valence-corrected chi connectivity index (χ1v) is 6.51. The van der Waals surface area contributed by atoms with Gasteiger partial charge in [-0.05, 0) is 25.1 Å². The molecule has 0 saturated heterocycles. The molecule has 6 heteroatoms. The van der Waals surface area contributed by atoms with E-state index < -0.39 is 0 Å². The summed E-state index contributed by atoms with van der Waals surface area (Å²) in [5.74, 6) is 0.745. The molecule has 0 aliphatic heterocycles. The van der Waals surface area contributed by atoms with E-state index in [2.05, 4.69) is 10.2 Å². The average molecular weight is 278 g/mol. The fourth-order valence-corrected chi connectivity index (χ4v) is 2.71. The number of aromatic nitrogens is 3. The van der Waals surface area contributed by atoms with E-state index in [0.717, 1.165) is 5.56 Å². The maximum Gasteiger partial charge on any atom is 0.179 e. The Balaban J connectivity index is 2.19. The fourth-order valence-electron chi connectivity index (χ4n) is 1.72. The highest BCUT2D eigenvalue weighted by Gasteiger charge is 2.13.